The SMILES string of the molecule is CC(NC(=O)c1cccc2c1N(Cc1cc(F)cc(F)c1)CC21CC1)c1ccc(C(=O)O)cc1. The van der Waals surface area contributed by atoms with Gasteiger partial charge < -0.3 is 15.3 Å². The van der Waals surface area contributed by atoms with Crippen molar-refractivity contribution in [2.75, 3.05) is 11.4 Å². The first kappa shape index (κ1) is 22.1. The van der Waals surface area contributed by atoms with Crippen LogP contribution < -0.4 is 10.2 Å². The third-order valence-electron chi connectivity index (χ3n) is 6.82. The molecule has 0 saturated heterocycles. The Hall–Kier alpha value is -3.74. The summed E-state index contributed by atoms with van der Waals surface area (Å²) in [6, 6.07) is 15.3. The Bertz CT molecular complexity index is 1270. The minimum absolute atomic E-state index is 0.00419. The third-order valence-corrected chi connectivity index (χ3v) is 6.82. The molecule has 1 atom stereocenters. The molecule has 3 aromatic carbocycles. The average Bonchev–Trinajstić information content (AvgIpc) is 3.51. The van der Waals surface area contributed by atoms with Gasteiger partial charge in [0, 0.05) is 24.6 Å². The van der Waals surface area contributed by atoms with Crippen molar-refractivity contribution >= 4 is 17.6 Å². The van der Waals surface area contributed by atoms with E-state index in [9.17, 15) is 18.4 Å². The van der Waals surface area contributed by atoms with E-state index in [-0.39, 0.29) is 22.9 Å². The topological polar surface area (TPSA) is 69.6 Å². The molecule has 0 aromatic heterocycles. The van der Waals surface area contributed by atoms with E-state index >= 15 is 0 Å². The van der Waals surface area contributed by atoms with Crippen LogP contribution in [0, 0.1) is 11.6 Å². The van der Waals surface area contributed by atoms with Gasteiger partial charge in [0.15, 0.2) is 0 Å². The lowest BCUT2D eigenvalue weighted by Crippen LogP contribution is -2.29. The Morgan fingerprint density at radius 1 is 1.06 bits per heavy atom. The molecule has 7 heteroatoms. The molecule has 3 aromatic rings. The number of nitrogens with zero attached hydrogens (tertiary/aromatic N) is 1. The maximum Gasteiger partial charge on any atom is 0.335 e. The number of anilines is 1. The number of rotatable bonds is 6. The van der Waals surface area contributed by atoms with Gasteiger partial charge in [-0.3, -0.25) is 4.79 Å². The lowest BCUT2D eigenvalue weighted by molar-refractivity contribution is 0.0696. The van der Waals surface area contributed by atoms with Crippen LogP contribution in [0.4, 0.5) is 14.5 Å². The highest BCUT2D eigenvalue weighted by atomic mass is 19.1. The van der Waals surface area contributed by atoms with Gasteiger partial charge in [-0.1, -0.05) is 24.3 Å². The van der Waals surface area contributed by atoms with Crippen LogP contribution in [0.3, 0.4) is 0 Å². The largest absolute Gasteiger partial charge is 0.478 e. The molecule has 1 heterocycles. The summed E-state index contributed by atoms with van der Waals surface area (Å²) < 4.78 is 27.6. The summed E-state index contributed by atoms with van der Waals surface area (Å²) in [5, 5.41) is 12.1. The number of carbonyl (C=O) groups excluding carboxylic acids is 1. The Morgan fingerprint density at radius 3 is 2.35 bits per heavy atom. The summed E-state index contributed by atoms with van der Waals surface area (Å²) in [7, 11) is 0. The van der Waals surface area contributed by atoms with Crippen molar-refractivity contribution in [2.24, 2.45) is 0 Å². The van der Waals surface area contributed by atoms with Crippen molar-refractivity contribution in [3.63, 3.8) is 0 Å². The molecule has 1 saturated carbocycles. The van der Waals surface area contributed by atoms with Gasteiger partial charge in [0.2, 0.25) is 0 Å². The average molecular weight is 462 g/mol. The second-order valence-corrected chi connectivity index (χ2v) is 9.24. The Balaban J connectivity index is 1.42. The second kappa shape index (κ2) is 8.24. The summed E-state index contributed by atoms with van der Waals surface area (Å²) in [4.78, 5) is 26.5. The Morgan fingerprint density at radius 2 is 1.74 bits per heavy atom. The first-order chi connectivity index (χ1) is 16.3. The molecule has 1 aliphatic heterocycles. The van der Waals surface area contributed by atoms with E-state index in [1.165, 1.54) is 24.3 Å². The molecule has 2 N–H and O–H groups in total. The van der Waals surface area contributed by atoms with Crippen molar-refractivity contribution in [3.8, 4) is 0 Å². The van der Waals surface area contributed by atoms with E-state index in [0.717, 1.165) is 35.7 Å². The van der Waals surface area contributed by atoms with Crippen LogP contribution in [0.1, 0.15) is 63.2 Å². The minimum Gasteiger partial charge on any atom is -0.478 e. The molecular formula is C27H24F2N2O3. The van der Waals surface area contributed by atoms with Gasteiger partial charge in [-0.05, 0) is 66.8 Å². The number of para-hydroxylation sites is 1. The van der Waals surface area contributed by atoms with Gasteiger partial charge in [0.1, 0.15) is 11.6 Å². The second-order valence-electron chi connectivity index (χ2n) is 9.24. The van der Waals surface area contributed by atoms with Crippen LogP contribution in [-0.4, -0.2) is 23.5 Å². The molecule has 34 heavy (non-hydrogen) atoms. The third kappa shape index (κ3) is 4.02. The van der Waals surface area contributed by atoms with E-state index in [1.54, 1.807) is 18.2 Å². The van der Waals surface area contributed by atoms with Crippen LogP contribution in [0.5, 0.6) is 0 Å². The zero-order chi connectivity index (χ0) is 24.0. The highest BCUT2D eigenvalue weighted by molar-refractivity contribution is 6.01. The molecule has 1 spiro atoms. The number of hydrogen-bond donors (Lipinski definition) is 2. The molecular weight excluding hydrogens is 438 g/mol. The van der Waals surface area contributed by atoms with Crippen LogP contribution in [0.15, 0.2) is 60.7 Å². The van der Waals surface area contributed by atoms with E-state index in [0.29, 0.717) is 24.2 Å². The lowest BCUT2D eigenvalue weighted by atomic mass is 9.96. The molecule has 0 bridgehead atoms. The van der Waals surface area contributed by atoms with Gasteiger partial charge >= 0.3 is 5.97 Å². The number of benzene rings is 3. The van der Waals surface area contributed by atoms with Crippen molar-refractivity contribution in [3.05, 3.63) is 100 Å². The van der Waals surface area contributed by atoms with Crippen LogP contribution in [-0.2, 0) is 12.0 Å². The maximum absolute atomic E-state index is 13.8. The molecule has 5 rings (SSSR count). The Labute approximate surface area is 196 Å². The standard InChI is InChI=1S/C27H24F2N2O3/c1-16(18-5-7-19(8-6-18)26(33)34)30-25(32)22-3-2-4-23-24(22)31(15-27(23)9-10-27)14-17-11-20(28)13-21(29)12-17/h2-8,11-13,16H,9-10,14-15H2,1H3,(H,30,32)(H,33,34). The van der Waals surface area contributed by atoms with Gasteiger partial charge in [-0.15, -0.1) is 0 Å². The predicted molar refractivity (Wildman–Crippen MR) is 124 cm³/mol. The summed E-state index contributed by atoms with van der Waals surface area (Å²) in [6.45, 7) is 2.85. The molecule has 5 nitrogen and oxygen atoms in total. The molecule has 1 aliphatic carbocycles. The fourth-order valence-electron chi connectivity index (χ4n) is 4.93. The number of aromatic carboxylic acids is 1. The van der Waals surface area contributed by atoms with Crippen molar-refractivity contribution in [1.29, 1.82) is 0 Å². The number of carboxylic acids is 1. The van der Waals surface area contributed by atoms with Crippen molar-refractivity contribution in [2.45, 2.75) is 37.8 Å². The van der Waals surface area contributed by atoms with Crippen LogP contribution in [0.2, 0.25) is 0 Å². The zero-order valence-electron chi connectivity index (χ0n) is 18.6. The normalized spacial score (nSPS) is 16.3. The zero-order valence-corrected chi connectivity index (χ0v) is 18.6. The maximum atomic E-state index is 13.8. The van der Waals surface area contributed by atoms with Crippen molar-refractivity contribution in [1.82, 2.24) is 5.32 Å². The molecule has 174 valence electrons. The summed E-state index contributed by atoms with van der Waals surface area (Å²) in [6.07, 6.45) is 2.04. The van der Waals surface area contributed by atoms with E-state index in [2.05, 4.69) is 10.2 Å². The minimum atomic E-state index is -1.00. The van der Waals surface area contributed by atoms with E-state index in [4.69, 9.17) is 5.11 Å². The number of carbonyl (C=O) groups is 2. The number of amides is 1. The fraction of sp³-hybridized carbons (Fsp3) is 0.259. The number of fused-ring (bicyclic) bond motifs is 2. The molecule has 1 unspecified atom stereocenters. The van der Waals surface area contributed by atoms with E-state index in [1.807, 2.05) is 19.1 Å². The number of halogens is 2. The van der Waals surface area contributed by atoms with Gasteiger partial charge in [-0.2, -0.15) is 0 Å². The van der Waals surface area contributed by atoms with Gasteiger partial charge in [-0.25, -0.2) is 13.6 Å². The highest BCUT2D eigenvalue weighted by Gasteiger charge is 2.52. The fourth-order valence-corrected chi connectivity index (χ4v) is 4.93. The van der Waals surface area contributed by atoms with Crippen molar-refractivity contribution < 1.29 is 23.5 Å². The van der Waals surface area contributed by atoms with Gasteiger partial charge in [0.25, 0.3) is 5.91 Å². The summed E-state index contributed by atoms with van der Waals surface area (Å²) in [5.74, 6) is -2.50. The predicted octanol–water partition coefficient (Wildman–Crippen LogP) is 5.21. The molecule has 1 fully saturated rings. The summed E-state index contributed by atoms with van der Waals surface area (Å²) in [5.41, 5.74) is 3.93. The first-order valence-corrected chi connectivity index (χ1v) is 11.2. The Kier molecular flexibility index (Phi) is 5.35. The van der Waals surface area contributed by atoms with Gasteiger partial charge in [0.05, 0.1) is 22.9 Å². The molecule has 1 amide bonds. The number of nitrogens with one attached hydrogen (secondary N) is 1. The monoisotopic (exact) mass is 462 g/mol. The molecule has 0 radical (unpaired) electrons. The van der Waals surface area contributed by atoms with Crippen LogP contribution in [0.25, 0.3) is 0 Å². The van der Waals surface area contributed by atoms with Crippen LogP contribution >= 0.6 is 0 Å². The molecule has 2 aliphatic rings. The summed E-state index contributed by atoms with van der Waals surface area (Å²) >= 11 is 0. The number of carboxylic acid groups (broad SMARTS) is 1. The number of hydrogen-bond acceptors (Lipinski definition) is 3. The lowest BCUT2D eigenvalue weighted by Gasteiger charge is -2.23. The quantitative estimate of drug-likeness (QED) is 0.528. The van der Waals surface area contributed by atoms with E-state index < -0.39 is 17.6 Å². The first-order valence-electron chi connectivity index (χ1n) is 11.2. The highest BCUT2D eigenvalue weighted by Crippen LogP contribution is 2.57. The smallest absolute Gasteiger partial charge is 0.335 e.